The summed E-state index contributed by atoms with van der Waals surface area (Å²) in [6.45, 7) is -0.0179. The molecule has 1 aromatic carbocycles. The van der Waals surface area contributed by atoms with Gasteiger partial charge >= 0.3 is 0 Å². The first-order valence-electron chi connectivity index (χ1n) is 4.97. The maximum atomic E-state index is 11.4. The normalized spacial score (nSPS) is 20.7. The Kier molecular flexibility index (Phi) is 2.83. The van der Waals surface area contributed by atoms with Gasteiger partial charge in [-0.3, -0.25) is 4.79 Å². The molecule has 0 bridgehead atoms. The first-order valence-corrected chi connectivity index (χ1v) is 4.97. The van der Waals surface area contributed by atoms with Gasteiger partial charge in [-0.05, 0) is 5.56 Å². The second kappa shape index (κ2) is 4.28. The molecule has 0 amide bonds. The third kappa shape index (κ3) is 2.25. The van der Waals surface area contributed by atoms with Crippen LogP contribution in [0.3, 0.4) is 0 Å². The van der Waals surface area contributed by atoms with Gasteiger partial charge in [0.15, 0.2) is 5.78 Å². The number of ketones is 1. The number of benzene rings is 1. The molecule has 0 unspecified atom stereocenters. The van der Waals surface area contributed by atoms with Crippen molar-refractivity contribution in [3.05, 3.63) is 42.0 Å². The molecule has 78 valence electrons. The molecule has 3 nitrogen and oxygen atoms in total. The number of carbonyl (C=O) groups excluding carboxylic acids is 1. The van der Waals surface area contributed by atoms with E-state index in [4.69, 9.17) is 5.11 Å². The predicted octanol–water partition coefficient (Wildman–Crippen LogP) is 0.951. The van der Waals surface area contributed by atoms with Crippen molar-refractivity contribution in [2.45, 2.75) is 12.5 Å². The summed E-state index contributed by atoms with van der Waals surface area (Å²) in [5, 5.41) is 12.2. The summed E-state index contributed by atoms with van der Waals surface area (Å²) in [5.74, 6) is 0.0617. The van der Waals surface area contributed by atoms with Crippen LogP contribution >= 0.6 is 0 Å². The van der Waals surface area contributed by atoms with Crippen molar-refractivity contribution in [2.75, 3.05) is 6.61 Å². The van der Waals surface area contributed by atoms with E-state index in [1.54, 1.807) is 6.08 Å². The fourth-order valence-electron chi connectivity index (χ4n) is 1.67. The standard InChI is InChI=1S/C12H13NO2/c14-8-10-6-11(15)7-12(13-10)9-4-2-1-3-5-9/h1-5,7,10,13-14H,6,8H2/t10-/m1/s1. The highest BCUT2D eigenvalue weighted by atomic mass is 16.3. The summed E-state index contributed by atoms with van der Waals surface area (Å²) in [7, 11) is 0. The Bertz CT molecular complexity index is 384. The average Bonchev–Trinajstić information content (AvgIpc) is 2.29. The smallest absolute Gasteiger partial charge is 0.159 e. The molecule has 0 spiro atoms. The number of rotatable bonds is 2. The van der Waals surface area contributed by atoms with Gasteiger partial charge in [0.25, 0.3) is 0 Å². The summed E-state index contributed by atoms with van der Waals surface area (Å²) in [6, 6.07) is 9.49. The van der Waals surface area contributed by atoms with Crippen LogP contribution in [0, 0.1) is 0 Å². The highest BCUT2D eigenvalue weighted by Gasteiger charge is 2.19. The lowest BCUT2D eigenvalue weighted by atomic mass is 10.0. The molecular weight excluding hydrogens is 190 g/mol. The van der Waals surface area contributed by atoms with E-state index >= 15 is 0 Å². The Labute approximate surface area is 88.4 Å². The monoisotopic (exact) mass is 203 g/mol. The van der Waals surface area contributed by atoms with E-state index < -0.39 is 0 Å². The van der Waals surface area contributed by atoms with Crippen molar-refractivity contribution in [3.8, 4) is 0 Å². The lowest BCUT2D eigenvalue weighted by Gasteiger charge is -2.23. The fourth-order valence-corrected chi connectivity index (χ4v) is 1.67. The largest absolute Gasteiger partial charge is 0.394 e. The number of allylic oxidation sites excluding steroid dienone is 1. The number of aliphatic hydroxyl groups excluding tert-OH is 1. The highest BCUT2D eigenvalue weighted by molar-refractivity contribution is 5.98. The molecule has 1 aromatic rings. The van der Waals surface area contributed by atoms with Crippen LogP contribution in [0.5, 0.6) is 0 Å². The molecule has 3 heteroatoms. The topological polar surface area (TPSA) is 49.3 Å². The Morgan fingerprint density at radius 2 is 2.07 bits per heavy atom. The number of nitrogens with one attached hydrogen (secondary N) is 1. The molecule has 2 N–H and O–H groups in total. The van der Waals surface area contributed by atoms with E-state index in [1.807, 2.05) is 30.3 Å². The summed E-state index contributed by atoms with van der Waals surface area (Å²) < 4.78 is 0. The van der Waals surface area contributed by atoms with E-state index in [0.717, 1.165) is 11.3 Å². The zero-order chi connectivity index (χ0) is 10.7. The van der Waals surface area contributed by atoms with E-state index in [9.17, 15) is 4.79 Å². The van der Waals surface area contributed by atoms with Crippen molar-refractivity contribution in [1.82, 2.24) is 5.32 Å². The van der Waals surface area contributed by atoms with Crippen LogP contribution in [0.1, 0.15) is 12.0 Å². The predicted molar refractivity (Wildman–Crippen MR) is 58.1 cm³/mol. The number of hydrogen-bond acceptors (Lipinski definition) is 3. The van der Waals surface area contributed by atoms with Crippen molar-refractivity contribution in [3.63, 3.8) is 0 Å². The minimum Gasteiger partial charge on any atom is -0.394 e. The molecule has 0 aliphatic carbocycles. The number of carbonyl (C=O) groups is 1. The molecule has 1 aliphatic rings. The van der Waals surface area contributed by atoms with Gasteiger partial charge in [0, 0.05) is 18.2 Å². The van der Waals surface area contributed by atoms with Crippen molar-refractivity contribution >= 4 is 11.5 Å². The maximum absolute atomic E-state index is 11.4. The number of aliphatic hydroxyl groups is 1. The second-order valence-electron chi connectivity index (χ2n) is 3.62. The SMILES string of the molecule is O=C1C=C(c2ccccc2)N[C@@H](CO)C1. The van der Waals surface area contributed by atoms with Crippen LogP contribution in [0.2, 0.25) is 0 Å². The van der Waals surface area contributed by atoms with Gasteiger partial charge in [0.2, 0.25) is 0 Å². The molecule has 0 fully saturated rings. The van der Waals surface area contributed by atoms with Gasteiger partial charge in [0.1, 0.15) is 0 Å². The Morgan fingerprint density at radius 3 is 2.73 bits per heavy atom. The first kappa shape index (κ1) is 9.93. The van der Waals surface area contributed by atoms with E-state index in [0.29, 0.717) is 6.42 Å². The van der Waals surface area contributed by atoms with Crippen LogP contribution in [0.15, 0.2) is 36.4 Å². The Morgan fingerprint density at radius 1 is 1.33 bits per heavy atom. The van der Waals surface area contributed by atoms with Crippen LogP contribution in [0.4, 0.5) is 0 Å². The zero-order valence-electron chi connectivity index (χ0n) is 8.31. The molecular formula is C12H13NO2. The third-order valence-corrected chi connectivity index (χ3v) is 2.42. The van der Waals surface area contributed by atoms with Crippen LogP contribution < -0.4 is 5.32 Å². The molecule has 2 rings (SSSR count). The van der Waals surface area contributed by atoms with Gasteiger partial charge < -0.3 is 10.4 Å². The summed E-state index contributed by atoms with van der Waals surface area (Å²) >= 11 is 0. The Balaban J connectivity index is 2.26. The molecule has 1 aliphatic heterocycles. The van der Waals surface area contributed by atoms with Gasteiger partial charge in [-0.1, -0.05) is 30.3 Å². The minimum absolute atomic E-state index is 0.0179. The lowest BCUT2D eigenvalue weighted by Crippen LogP contribution is -2.36. The second-order valence-corrected chi connectivity index (χ2v) is 3.62. The van der Waals surface area contributed by atoms with Crippen LogP contribution in [0.25, 0.3) is 5.70 Å². The zero-order valence-corrected chi connectivity index (χ0v) is 8.31. The van der Waals surface area contributed by atoms with Crippen LogP contribution in [-0.2, 0) is 4.79 Å². The fraction of sp³-hybridized carbons (Fsp3) is 0.250. The Hall–Kier alpha value is -1.61. The third-order valence-electron chi connectivity index (χ3n) is 2.42. The summed E-state index contributed by atoms with van der Waals surface area (Å²) in [6.07, 6.45) is 1.97. The molecule has 0 saturated carbocycles. The van der Waals surface area contributed by atoms with Gasteiger partial charge in [-0.25, -0.2) is 0 Å². The minimum atomic E-state index is -0.155. The van der Waals surface area contributed by atoms with Crippen molar-refractivity contribution < 1.29 is 9.90 Å². The molecule has 1 atom stereocenters. The van der Waals surface area contributed by atoms with Gasteiger partial charge in [-0.2, -0.15) is 0 Å². The maximum Gasteiger partial charge on any atom is 0.159 e. The van der Waals surface area contributed by atoms with Crippen molar-refractivity contribution in [2.24, 2.45) is 0 Å². The van der Waals surface area contributed by atoms with E-state index in [1.165, 1.54) is 0 Å². The quantitative estimate of drug-likeness (QED) is 0.752. The van der Waals surface area contributed by atoms with Crippen molar-refractivity contribution in [1.29, 1.82) is 0 Å². The molecule has 15 heavy (non-hydrogen) atoms. The first-order chi connectivity index (χ1) is 7.29. The molecule has 0 aromatic heterocycles. The van der Waals surface area contributed by atoms with Gasteiger partial charge in [0.05, 0.1) is 12.6 Å². The highest BCUT2D eigenvalue weighted by Crippen LogP contribution is 2.16. The lowest BCUT2D eigenvalue weighted by molar-refractivity contribution is -0.115. The molecule has 0 saturated heterocycles. The molecule has 0 radical (unpaired) electrons. The average molecular weight is 203 g/mol. The van der Waals surface area contributed by atoms with Gasteiger partial charge in [-0.15, -0.1) is 0 Å². The van der Waals surface area contributed by atoms with Crippen LogP contribution in [-0.4, -0.2) is 23.5 Å². The van der Waals surface area contributed by atoms with E-state index in [2.05, 4.69) is 5.32 Å². The van der Waals surface area contributed by atoms with E-state index in [-0.39, 0.29) is 18.4 Å². The summed E-state index contributed by atoms with van der Waals surface area (Å²) in [5.41, 5.74) is 1.77. The molecule has 1 heterocycles. The summed E-state index contributed by atoms with van der Waals surface area (Å²) in [4.78, 5) is 11.4. The number of hydrogen-bond donors (Lipinski definition) is 2.